The van der Waals surface area contributed by atoms with Crippen molar-refractivity contribution in [3.05, 3.63) is 29.2 Å². The van der Waals surface area contributed by atoms with Crippen LogP contribution in [0.4, 0.5) is 5.82 Å². The van der Waals surface area contributed by atoms with E-state index < -0.39 is 0 Å². The molecule has 0 saturated carbocycles. The highest BCUT2D eigenvalue weighted by Gasteiger charge is 2.26. The van der Waals surface area contributed by atoms with Crippen molar-refractivity contribution in [1.82, 2.24) is 25.1 Å². The number of aromatic amines is 1. The van der Waals surface area contributed by atoms with E-state index in [4.69, 9.17) is 9.72 Å². The largest absolute Gasteiger partial charge is 0.378 e. The summed E-state index contributed by atoms with van der Waals surface area (Å²) in [4.78, 5) is 16.3. The van der Waals surface area contributed by atoms with E-state index in [1.54, 1.807) is 7.11 Å². The third-order valence-corrected chi connectivity index (χ3v) is 4.53. The first-order valence-corrected chi connectivity index (χ1v) is 8.88. The molecular formula is C18H28N6O. The zero-order valence-corrected chi connectivity index (χ0v) is 15.8. The lowest BCUT2D eigenvalue weighted by molar-refractivity contribution is 0.181. The number of methoxy groups -OCH3 is 1. The van der Waals surface area contributed by atoms with Gasteiger partial charge < -0.3 is 9.64 Å². The van der Waals surface area contributed by atoms with Gasteiger partial charge in [-0.3, -0.25) is 5.10 Å². The van der Waals surface area contributed by atoms with Crippen molar-refractivity contribution < 1.29 is 4.74 Å². The molecule has 0 aromatic carbocycles. The molecule has 0 bridgehead atoms. The number of nitrogens with one attached hydrogen (secondary N) is 1. The van der Waals surface area contributed by atoms with Gasteiger partial charge in [0.2, 0.25) is 0 Å². The quantitative estimate of drug-likeness (QED) is 0.918. The van der Waals surface area contributed by atoms with E-state index in [2.05, 4.69) is 51.9 Å². The van der Waals surface area contributed by atoms with Gasteiger partial charge in [0.25, 0.3) is 0 Å². The average molecular weight is 344 g/mol. The maximum absolute atomic E-state index is 5.29. The summed E-state index contributed by atoms with van der Waals surface area (Å²) < 4.78 is 5.29. The fourth-order valence-corrected chi connectivity index (χ4v) is 3.11. The summed E-state index contributed by atoms with van der Waals surface area (Å²) in [7, 11) is 1.70. The summed E-state index contributed by atoms with van der Waals surface area (Å²) in [6.45, 7) is 10.8. The minimum atomic E-state index is -0.0900. The van der Waals surface area contributed by atoms with Crippen molar-refractivity contribution >= 4 is 5.82 Å². The number of anilines is 1. The van der Waals surface area contributed by atoms with Crippen LogP contribution in [0.25, 0.3) is 0 Å². The Hall–Kier alpha value is -2.02. The van der Waals surface area contributed by atoms with E-state index in [0.717, 1.165) is 54.9 Å². The molecule has 136 valence electrons. The van der Waals surface area contributed by atoms with Crippen LogP contribution in [-0.4, -0.2) is 45.3 Å². The van der Waals surface area contributed by atoms with Crippen molar-refractivity contribution in [2.75, 3.05) is 25.1 Å². The maximum atomic E-state index is 5.29. The Morgan fingerprint density at radius 2 is 1.92 bits per heavy atom. The monoisotopic (exact) mass is 344 g/mol. The number of piperidine rings is 1. The molecule has 1 saturated heterocycles. The Balaban J connectivity index is 1.77. The Morgan fingerprint density at radius 1 is 1.20 bits per heavy atom. The standard InChI is InChI=1S/C18H28N6O/c1-12-19-16(23-22-12)13-6-8-24(9-7-13)15-10-14(11-25-5)20-17(21-15)18(2,3)4/h10,13H,6-9,11H2,1-5H3,(H,19,22,23). The summed E-state index contributed by atoms with van der Waals surface area (Å²) in [5, 5.41) is 7.27. The molecule has 0 radical (unpaired) electrons. The minimum absolute atomic E-state index is 0.0900. The molecule has 2 aromatic rings. The first kappa shape index (κ1) is 17.8. The lowest BCUT2D eigenvalue weighted by atomic mass is 9.95. The fraction of sp³-hybridized carbons (Fsp3) is 0.667. The average Bonchev–Trinajstić information content (AvgIpc) is 3.01. The number of rotatable bonds is 4. The molecular weight excluding hydrogens is 316 g/mol. The fourth-order valence-electron chi connectivity index (χ4n) is 3.11. The highest BCUT2D eigenvalue weighted by molar-refractivity contribution is 5.41. The van der Waals surface area contributed by atoms with Gasteiger partial charge in [-0.15, -0.1) is 0 Å². The summed E-state index contributed by atoms with van der Waals surface area (Å²) in [5.41, 5.74) is 0.844. The summed E-state index contributed by atoms with van der Waals surface area (Å²) in [5.74, 6) is 4.10. The molecule has 1 aliphatic heterocycles. The van der Waals surface area contributed by atoms with Gasteiger partial charge in [-0.1, -0.05) is 20.8 Å². The van der Waals surface area contributed by atoms with Crippen LogP contribution in [0.5, 0.6) is 0 Å². The van der Waals surface area contributed by atoms with Crippen LogP contribution in [-0.2, 0) is 16.8 Å². The van der Waals surface area contributed by atoms with Crippen LogP contribution < -0.4 is 4.90 Å². The van der Waals surface area contributed by atoms with Gasteiger partial charge in [-0.2, -0.15) is 5.10 Å². The van der Waals surface area contributed by atoms with Crippen molar-refractivity contribution in [3.63, 3.8) is 0 Å². The van der Waals surface area contributed by atoms with Crippen molar-refractivity contribution in [1.29, 1.82) is 0 Å². The lowest BCUT2D eigenvalue weighted by Crippen LogP contribution is -2.34. The van der Waals surface area contributed by atoms with Crippen LogP contribution in [0.2, 0.25) is 0 Å². The topological polar surface area (TPSA) is 79.8 Å². The molecule has 0 amide bonds. The van der Waals surface area contributed by atoms with Gasteiger partial charge in [-0.05, 0) is 19.8 Å². The highest BCUT2D eigenvalue weighted by Crippen LogP contribution is 2.29. The number of aromatic nitrogens is 5. The normalized spacial score (nSPS) is 16.4. The molecule has 7 heteroatoms. The Kier molecular flexibility index (Phi) is 5.03. The minimum Gasteiger partial charge on any atom is -0.378 e. The molecule has 7 nitrogen and oxygen atoms in total. The van der Waals surface area contributed by atoms with Crippen LogP contribution in [0.15, 0.2) is 6.07 Å². The second-order valence-electron chi connectivity index (χ2n) is 7.76. The molecule has 0 aliphatic carbocycles. The number of ether oxygens (including phenoxy) is 1. The van der Waals surface area contributed by atoms with Crippen molar-refractivity contribution in [2.45, 2.75) is 58.5 Å². The van der Waals surface area contributed by atoms with Crippen LogP contribution >= 0.6 is 0 Å². The molecule has 3 heterocycles. The number of hydrogen-bond acceptors (Lipinski definition) is 6. The molecule has 1 N–H and O–H groups in total. The zero-order chi connectivity index (χ0) is 18.0. The third kappa shape index (κ3) is 4.15. The van der Waals surface area contributed by atoms with Crippen LogP contribution in [0.1, 0.15) is 62.7 Å². The maximum Gasteiger partial charge on any atom is 0.153 e. The second-order valence-corrected chi connectivity index (χ2v) is 7.76. The number of hydrogen-bond donors (Lipinski definition) is 1. The van der Waals surface area contributed by atoms with E-state index in [-0.39, 0.29) is 5.41 Å². The lowest BCUT2D eigenvalue weighted by Gasteiger charge is -2.32. The van der Waals surface area contributed by atoms with Gasteiger partial charge in [0.05, 0.1) is 12.3 Å². The van der Waals surface area contributed by atoms with Crippen LogP contribution in [0.3, 0.4) is 0 Å². The van der Waals surface area contributed by atoms with Crippen molar-refractivity contribution in [2.24, 2.45) is 0 Å². The van der Waals surface area contributed by atoms with Crippen LogP contribution in [0, 0.1) is 6.92 Å². The van der Waals surface area contributed by atoms with Gasteiger partial charge >= 0.3 is 0 Å². The molecule has 0 unspecified atom stereocenters. The molecule has 25 heavy (non-hydrogen) atoms. The molecule has 1 aliphatic rings. The van der Waals surface area contributed by atoms with Gasteiger partial charge in [0.15, 0.2) is 5.82 Å². The summed E-state index contributed by atoms with van der Waals surface area (Å²) in [6.07, 6.45) is 2.07. The summed E-state index contributed by atoms with van der Waals surface area (Å²) in [6, 6.07) is 2.05. The number of H-pyrrole nitrogens is 1. The van der Waals surface area contributed by atoms with Gasteiger partial charge in [-0.25, -0.2) is 15.0 Å². The first-order chi connectivity index (χ1) is 11.9. The smallest absolute Gasteiger partial charge is 0.153 e. The Bertz CT molecular complexity index is 713. The SMILES string of the molecule is COCc1cc(N2CCC(c3n[nH]c(C)n3)CC2)nc(C(C)(C)C)n1. The van der Waals surface area contributed by atoms with E-state index in [1.807, 2.05) is 6.92 Å². The first-order valence-electron chi connectivity index (χ1n) is 8.88. The van der Waals surface area contributed by atoms with E-state index >= 15 is 0 Å². The third-order valence-electron chi connectivity index (χ3n) is 4.53. The Morgan fingerprint density at radius 3 is 2.48 bits per heavy atom. The molecule has 0 spiro atoms. The van der Waals surface area contributed by atoms with Gasteiger partial charge in [0.1, 0.15) is 17.5 Å². The predicted molar refractivity (Wildman–Crippen MR) is 96.8 cm³/mol. The zero-order valence-electron chi connectivity index (χ0n) is 15.8. The number of aryl methyl sites for hydroxylation is 1. The number of nitrogens with zero attached hydrogens (tertiary/aromatic N) is 5. The molecule has 2 aromatic heterocycles. The van der Waals surface area contributed by atoms with Crippen molar-refractivity contribution in [3.8, 4) is 0 Å². The molecule has 1 fully saturated rings. The van der Waals surface area contributed by atoms with E-state index in [9.17, 15) is 0 Å². The predicted octanol–water partition coefficient (Wildman–Crippen LogP) is 2.73. The second kappa shape index (κ2) is 7.07. The van der Waals surface area contributed by atoms with E-state index in [0.29, 0.717) is 12.5 Å². The Labute approximate surface area is 149 Å². The highest BCUT2D eigenvalue weighted by atomic mass is 16.5. The summed E-state index contributed by atoms with van der Waals surface area (Å²) >= 11 is 0. The van der Waals surface area contributed by atoms with Gasteiger partial charge in [0, 0.05) is 37.6 Å². The molecule has 3 rings (SSSR count). The van der Waals surface area contributed by atoms with E-state index in [1.165, 1.54) is 0 Å². The molecule has 0 atom stereocenters.